The van der Waals surface area contributed by atoms with Crippen LogP contribution in [-0.4, -0.2) is 54.5 Å². The predicted molar refractivity (Wildman–Crippen MR) is 115 cm³/mol. The van der Waals surface area contributed by atoms with Crippen LogP contribution in [0.5, 0.6) is 5.75 Å². The molecule has 7 nitrogen and oxygen atoms in total. The molecule has 1 aliphatic heterocycles. The zero-order valence-electron chi connectivity index (χ0n) is 18.7. The number of nitrogens with one attached hydrogen (secondary N) is 2. The maximum Gasteiger partial charge on any atom is 0.419 e. The molecule has 3 unspecified atom stereocenters. The Kier molecular flexibility index (Phi) is 7.46. The molecule has 1 saturated heterocycles. The molecule has 15 heteroatoms. The highest BCUT2D eigenvalue weighted by Gasteiger charge is 2.63. The molecule has 2 N–H and O–H groups in total. The van der Waals surface area contributed by atoms with Crippen LogP contribution in [0, 0.1) is 16.4 Å². The molecule has 0 bridgehead atoms. The maximum atomic E-state index is 14.4. The summed E-state index contributed by atoms with van der Waals surface area (Å²) in [7, 11) is -2.46. The second-order valence-electron chi connectivity index (χ2n) is 7.99. The third-order valence-corrected chi connectivity index (χ3v) is 6.79. The molecule has 0 saturated carbocycles. The molecular weight excluding hydrogens is 523 g/mol. The number of carbonyl (C=O) groups is 1. The largest absolute Gasteiger partial charge is 0.429 e. The standard InChI is InChI=1S/C21H20F7N3O4S/c1-34-20(21(26,27)28)9-15(18(32)30-11-4-3-5-12(8-11)36(2,29)33)31(10-20)14-7-6-13(22)16(23)17(14)35-19(24)25/h3-8,15,19,29H,9-10H2,1-2H3,(H,30,32). The highest BCUT2D eigenvalue weighted by molar-refractivity contribution is 7.91. The fraction of sp³-hybridized carbons (Fsp3) is 0.381. The van der Waals surface area contributed by atoms with Crippen molar-refractivity contribution in [1.29, 1.82) is 4.78 Å². The number of hydrogen-bond donors (Lipinski definition) is 2. The summed E-state index contributed by atoms with van der Waals surface area (Å²) in [6.45, 7) is -4.79. The van der Waals surface area contributed by atoms with E-state index in [1.807, 2.05) is 0 Å². The predicted octanol–water partition coefficient (Wildman–Crippen LogP) is 4.77. The van der Waals surface area contributed by atoms with Crippen molar-refractivity contribution in [3.05, 3.63) is 48.0 Å². The molecule has 0 aromatic heterocycles. The summed E-state index contributed by atoms with van der Waals surface area (Å²) in [4.78, 5) is 13.8. The summed E-state index contributed by atoms with van der Waals surface area (Å²) < 4.78 is 124. The molecule has 3 rings (SSSR count). The van der Waals surface area contributed by atoms with Crippen LogP contribution < -0.4 is 15.0 Å². The van der Waals surface area contributed by atoms with E-state index < -0.39 is 76.1 Å². The van der Waals surface area contributed by atoms with E-state index in [1.54, 1.807) is 0 Å². The highest BCUT2D eigenvalue weighted by Crippen LogP contribution is 2.47. The van der Waals surface area contributed by atoms with E-state index in [1.165, 1.54) is 24.3 Å². The first-order valence-electron chi connectivity index (χ1n) is 10.1. The van der Waals surface area contributed by atoms with Gasteiger partial charge in [0.1, 0.15) is 6.04 Å². The van der Waals surface area contributed by atoms with Gasteiger partial charge in [-0.05, 0) is 30.3 Å². The normalized spacial score (nSPS) is 21.9. The van der Waals surface area contributed by atoms with Crippen molar-refractivity contribution >= 4 is 27.0 Å². The van der Waals surface area contributed by atoms with E-state index in [-0.39, 0.29) is 10.6 Å². The van der Waals surface area contributed by atoms with Crippen molar-refractivity contribution in [2.24, 2.45) is 0 Å². The average molecular weight is 543 g/mol. The van der Waals surface area contributed by atoms with Gasteiger partial charge in [0, 0.05) is 30.4 Å². The number of anilines is 2. The third kappa shape index (κ3) is 5.36. The lowest BCUT2D eigenvalue weighted by Crippen LogP contribution is -2.49. The lowest BCUT2D eigenvalue weighted by atomic mass is 9.99. The molecule has 36 heavy (non-hydrogen) atoms. The van der Waals surface area contributed by atoms with E-state index in [4.69, 9.17) is 9.52 Å². The molecule has 1 heterocycles. The van der Waals surface area contributed by atoms with Crippen LogP contribution in [0.15, 0.2) is 41.3 Å². The second kappa shape index (κ2) is 9.76. The zero-order chi connectivity index (χ0) is 27.1. The summed E-state index contributed by atoms with van der Waals surface area (Å²) >= 11 is 0. The first-order chi connectivity index (χ1) is 16.6. The Bertz CT molecular complexity index is 1260. The average Bonchev–Trinajstić information content (AvgIpc) is 3.18. The van der Waals surface area contributed by atoms with E-state index in [0.717, 1.165) is 13.4 Å². The van der Waals surface area contributed by atoms with Crippen LogP contribution in [0.25, 0.3) is 0 Å². The van der Waals surface area contributed by atoms with Crippen molar-refractivity contribution in [3.8, 4) is 5.75 Å². The van der Waals surface area contributed by atoms with Gasteiger partial charge in [-0.1, -0.05) is 6.07 Å². The molecule has 1 aliphatic rings. The molecule has 1 fully saturated rings. The van der Waals surface area contributed by atoms with Crippen molar-refractivity contribution in [2.45, 2.75) is 35.7 Å². The highest BCUT2D eigenvalue weighted by atomic mass is 32.2. The molecule has 3 atom stereocenters. The second-order valence-corrected chi connectivity index (χ2v) is 10.2. The van der Waals surface area contributed by atoms with Crippen LogP contribution in [0.4, 0.5) is 42.1 Å². The number of hydrogen-bond acceptors (Lipinski definition) is 6. The first kappa shape index (κ1) is 27.5. The number of halogens is 7. The smallest absolute Gasteiger partial charge is 0.419 e. The molecule has 0 spiro atoms. The number of ether oxygens (including phenoxy) is 2. The van der Waals surface area contributed by atoms with Gasteiger partial charge in [0.25, 0.3) is 0 Å². The van der Waals surface area contributed by atoms with Crippen molar-refractivity contribution in [2.75, 3.05) is 30.1 Å². The fourth-order valence-corrected chi connectivity index (χ4v) is 4.51. The quantitative estimate of drug-likeness (QED) is 0.492. The minimum Gasteiger partial charge on any atom is -0.429 e. The molecular formula is C21H20F7N3O4S. The number of carbonyl (C=O) groups excluding carboxylic acids is 1. The van der Waals surface area contributed by atoms with Crippen LogP contribution in [0.1, 0.15) is 6.42 Å². The first-order valence-corrected chi connectivity index (χ1v) is 12.0. The van der Waals surface area contributed by atoms with Crippen molar-refractivity contribution < 1.29 is 49.2 Å². The summed E-state index contributed by atoms with van der Waals surface area (Å²) in [5.74, 6) is -5.94. The van der Waals surface area contributed by atoms with Crippen LogP contribution >= 0.6 is 0 Å². The van der Waals surface area contributed by atoms with Gasteiger partial charge >= 0.3 is 12.8 Å². The monoisotopic (exact) mass is 543 g/mol. The number of benzene rings is 2. The number of alkyl halides is 5. The molecule has 2 aromatic carbocycles. The summed E-state index contributed by atoms with van der Waals surface area (Å²) in [6.07, 6.45) is -4.96. The third-order valence-electron chi connectivity index (χ3n) is 5.63. The Labute approximate surface area is 201 Å². The van der Waals surface area contributed by atoms with Crippen LogP contribution in [-0.2, 0) is 19.3 Å². The molecule has 1 amide bonds. The van der Waals surface area contributed by atoms with E-state index in [0.29, 0.717) is 17.0 Å². The lowest BCUT2D eigenvalue weighted by molar-refractivity contribution is -0.261. The van der Waals surface area contributed by atoms with Gasteiger partial charge in [-0.25, -0.2) is 13.4 Å². The van der Waals surface area contributed by atoms with Gasteiger partial charge in [0.2, 0.25) is 11.7 Å². The number of nitrogens with zero attached hydrogens (tertiary/aromatic N) is 1. The van der Waals surface area contributed by atoms with E-state index >= 15 is 0 Å². The number of amides is 1. The fourth-order valence-electron chi connectivity index (χ4n) is 3.82. The van der Waals surface area contributed by atoms with Crippen LogP contribution in [0.3, 0.4) is 0 Å². The Morgan fingerprint density at radius 1 is 1.25 bits per heavy atom. The Balaban J connectivity index is 2.09. The Hall–Kier alpha value is -3.07. The summed E-state index contributed by atoms with van der Waals surface area (Å²) in [5, 5.41) is 2.33. The van der Waals surface area contributed by atoms with Gasteiger partial charge in [-0.3, -0.25) is 4.79 Å². The van der Waals surface area contributed by atoms with E-state index in [2.05, 4.69) is 10.1 Å². The van der Waals surface area contributed by atoms with Gasteiger partial charge < -0.3 is 19.7 Å². The molecule has 198 valence electrons. The minimum absolute atomic E-state index is 0.0180. The summed E-state index contributed by atoms with van der Waals surface area (Å²) in [6, 6.07) is 4.64. The number of rotatable bonds is 7. The van der Waals surface area contributed by atoms with Gasteiger partial charge in [0.15, 0.2) is 17.2 Å². The van der Waals surface area contributed by atoms with Crippen molar-refractivity contribution in [1.82, 2.24) is 0 Å². The maximum absolute atomic E-state index is 14.4. The Morgan fingerprint density at radius 2 is 1.92 bits per heavy atom. The van der Waals surface area contributed by atoms with Gasteiger partial charge in [-0.15, -0.1) is 0 Å². The number of methoxy groups -OCH3 is 1. The topological polar surface area (TPSA) is 91.7 Å². The summed E-state index contributed by atoms with van der Waals surface area (Å²) in [5.41, 5.74) is -3.72. The van der Waals surface area contributed by atoms with Gasteiger partial charge in [0.05, 0.1) is 22.0 Å². The van der Waals surface area contributed by atoms with Gasteiger partial charge in [-0.2, -0.15) is 26.3 Å². The zero-order valence-corrected chi connectivity index (χ0v) is 19.5. The lowest BCUT2D eigenvalue weighted by Gasteiger charge is -2.31. The molecule has 2 aromatic rings. The molecule has 0 radical (unpaired) electrons. The van der Waals surface area contributed by atoms with Crippen molar-refractivity contribution in [3.63, 3.8) is 0 Å². The minimum atomic E-state index is -5.05. The van der Waals surface area contributed by atoms with E-state index in [9.17, 15) is 39.7 Å². The SMILES string of the molecule is COC1(C(F)(F)F)CC(C(=O)Nc2cccc(S(C)(=N)=O)c2)N(c2ccc(F)c(F)c2OC(F)F)C1. The van der Waals surface area contributed by atoms with Crippen LogP contribution in [0.2, 0.25) is 0 Å². The Morgan fingerprint density at radius 3 is 2.47 bits per heavy atom. The molecule has 0 aliphatic carbocycles.